The Labute approximate surface area is 250 Å². The molecule has 0 bridgehead atoms. The largest absolute Gasteiger partial charge is 0.497 e. The fraction of sp³-hybridized carbons (Fsp3) is 0.438. The zero-order valence-electron chi connectivity index (χ0n) is 23.9. The average molecular weight is 623 g/mol. The van der Waals surface area contributed by atoms with Crippen molar-refractivity contribution in [3.63, 3.8) is 0 Å². The van der Waals surface area contributed by atoms with Crippen LogP contribution in [0.25, 0.3) is 10.9 Å². The summed E-state index contributed by atoms with van der Waals surface area (Å²) in [6, 6.07) is 8.43. The number of aliphatic carboxylic acids is 1. The van der Waals surface area contributed by atoms with Gasteiger partial charge in [0, 0.05) is 30.1 Å². The van der Waals surface area contributed by atoms with Crippen molar-refractivity contribution in [2.45, 2.75) is 50.6 Å². The molecule has 0 aliphatic carbocycles. The van der Waals surface area contributed by atoms with Crippen molar-refractivity contribution in [2.75, 3.05) is 26.7 Å². The number of hydrogen-bond acceptors (Lipinski definition) is 5. The van der Waals surface area contributed by atoms with Gasteiger partial charge in [-0.15, -0.1) is 0 Å². The number of methoxy groups -OCH3 is 1. The smallest absolute Gasteiger partial charge is 0.416 e. The summed E-state index contributed by atoms with van der Waals surface area (Å²) in [5, 5.41) is 21.2. The normalized spacial score (nSPS) is 18.5. The maximum Gasteiger partial charge on any atom is 0.416 e. The van der Waals surface area contributed by atoms with Gasteiger partial charge in [0.25, 0.3) is 0 Å². The van der Waals surface area contributed by atoms with Gasteiger partial charge in [-0.1, -0.05) is 11.8 Å². The van der Waals surface area contributed by atoms with Gasteiger partial charge < -0.3 is 14.9 Å². The quantitative estimate of drug-likeness (QED) is 0.199. The number of nitrogens with zero attached hydrogens (tertiary/aromatic N) is 2. The molecule has 2 heterocycles. The van der Waals surface area contributed by atoms with Crippen LogP contribution in [-0.2, 0) is 17.1 Å². The van der Waals surface area contributed by atoms with E-state index >= 15 is 0 Å². The molecule has 6 nitrogen and oxygen atoms in total. The van der Waals surface area contributed by atoms with Crippen LogP contribution in [0.5, 0.6) is 5.75 Å². The molecule has 4 rings (SSSR count). The second-order valence-electron chi connectivity index (χ2n) is 10.9. The minimum Gasteiger partial charge on any atom is -0.497 e. The minimum absolute atomic E-state index is 0.0477. The summed E-state index contributed by atoms with van der Waals surface area (Å²) in [5.41, 5.74) is -1.80. The van der Waals surface area contributed by atoms with E-state index in [4.69, 9.17) is 4.74 Å². The Hall–Kier alpha value is -3.82. The first-order chi connectivity index (χ1) is 20.7. The molecule has 0 unspecified atom stereocenters. The monoisotopic (exact) mass is 622 g/mol. The van der Waals surface area contributed by atoms with Gasteiger partial charge in [0.1, 0.15) is 5.75 Å². The molecule has 0 spiro atoms. The van der Waals surface area contributed by atoms with E-state index in [0.29, 0.717) is 62.2 Å². The van der Waals surface area contributed by atoms with E-state index in [1.807, 2.05) is 17.0 Å². The van der Waals surface area contributed by atoms with Crippen molar-refractivity contribution >= 4 is 16.9 Å². The molecule has 1 fully saturated rings. The molecule has 2 N–H and O–H groups in total. The molecule has 0 amide bonds. The second kappa shape index (κ2) is 13.9. The number of aromatic nitrogens is 1. The van der Waals surface area contributed by atoms with Crippen molar-refractivity contribution in [2.24, 2.45) is 11.8 Å². The molecule has 44 heavy (non-hydrogen) atoms. The van der Waals surface area contributed by atoms with Crippen LogP contribution in [0.2, 0.25) is 0 Å². The molecule has 0 radical (unpaired) electrons. The first-order valence-corrected chi connectivity index (χ1v) is 14.1. The minimum atomic E-state index is -4.96. The lowest BCUT2D eigenvalue weighted by atomic mass is 9.79. The van der Waals surface area contributed by atoms with Gasteiger partial charge in [0.2, 0.25) is 0 Å². The number of piperidine rings is 1. The number of pyridine rings is 1. The zero-order chi connectivity index (χ0) is 32.1. The van der Waals surface area contributed by atoms with Crippen LogP contribution in [-0.4, -0.2) is 52.8 Å². The number of likely N-dealkylation sites (tertiary alicyclic amines) is 1. The number of hydrogen-bond donors (Lipinski definition) is 2. The summed E-state index contributed by atoms with van der Waals surface area (Å²) in [7, 11) is 1.55. The number of alkyl halides is 6. The molecule has 236 valence electrons. The van der Waals surface area contributed by atoms with Crippen molar-refractivity contribution < 1.29 is 46.1 Å². The number of ether oxygens (including phenoxy) is 1. The summed E-state index contributed by atoms with van der Waals surface area (Å²) >= 11 is 0. The third-order valence-electron chi connectivity index (χ3n) is 7.98. The van der Waals surface area contributed by atoms with Gasteiger partial charge in [0.05, 0.1) is 36.4 Å². The SMILES string of the molecule is COc1ccc2nccc([C@H](O)CC[C@@H]3CCN(CC#Cc4cc(C(F)(F)F)cc(C(F)(F)F)c4)C[C@H]3CCC(=O)O)c2c1. The molecular weight excluding hydrogens is 590 g/mol. The first-order valence-electron chi connectivity index (χ1n) is 14.1. The van der Waals surface area contributed by atoms with E-state index in [0.717, 1.165) is 10.9 Å². The lowest BCUT2D eigenvalue weighted by Gasteiger charge is -2.38. The van der Waals surface area contributed by atoms with E-state index in [1.54, 1.807) is 25.4 Å². The van der Waals surface area contributed by atoms with Gasteiger partial charge in [0.15, 0.2) is 0 Å². The molecule has 1 aliphatic heterocycles. The fourth-order valence-corrected chi connectivity index (χ4v) is 5.69. The standard InChI is InChI=1S/C32H32F6N2O4/c1-44-25-6-7-28-27(18-25)26(10-12-39-28)29(41)8-4-21-11-14-40(19-22(21)5-9-30(42)43)13-2-3-20-15-23(31(33,34)35)17-24(16-20)32(36,37)38/h6-7,10,12,15-18,21-22,29,41H,4-5,8-9,11,13-14,19H2,1H3,(H,42,43)/t21-,22-,29-/m1/s1. The lowest BCUT2D eigenvalue weighted by Crippen LogP contribution is -2.41. The number of carbonyl (C=O) groups is 1. The van der Waals surface area contributed by atoms with Crippen LogP contribution in [0.15, 0.2) is 48.7 Å². The number of carboxylic acid groups (broad SMARTS) is 1. The van der Waals surface area contributed by atoms with Crippen LogP contribution in [0.1, 0.15) is 60.5 Å². The topological polar surface area (TPSA) is 82.9 Å². The maximum absolute atomic E-state index is 13.2. The Morgan fingerprint density at radius 3 is 2.39 bits per heavy atom. The average Bonchev–Trinajstić information content (AvgIpc) is 2.97. The summed E-state index contributed by atoms with van der Waals surface area (Å²) in [6.45, 7) is 1.13. The van der Waals surface area contributed by atoms with Gasteiger partial charge >= 0.3 is 18.3 Å². The zero-order valence-corrected chi connectivity index (χ0v) is 23.9. The molecule has 1 aromatic heterocycles. The Morgan fingerprint density at radius 2 is 1.75 bits per heavy atom. The number of benzene rings is 2. The summed E-state index contributed by atoms with van der Waals surface area (Å²) in [5.74, 6) is 4.89. The third-order valence-corrected chi connectivity index (χ3v) is 7.98. The number of halogens is 6. The molecule has 1 aliphatic rings. The Bertz CT molecular complexity index is 1500. The predicted octanol–water partition coefficient (Wildman–Crippen LogP) is 6.95. The highest BCUT2D eigenvalue weighted by molar-refractivity contribution is 5.83. The van der Waals surface area contributed by atoms with E-state index < -0.39 is 35.6 Å². The molecule has 2 aromatic carbocycles. The molecular formula is C32H32F6N2O4. The summed E-state index contributed by atoms with van der Waals surface area (Å²) < 4.78 is 84.4. The van der Waals surface area contributed by atoms with E-state index in [9.17, 15) is 41.4 Å². The Balaban J connectivity index is 1.44. The molecule has 3 atom stereocenters. The van der Waals surface area contributed by atoms with Crippen molar-refractivity contribution in [1.29, 1.82) is 0 Å². The van der Waals surface area contributed by atoms with Gasteiger partial charge in [-0.05, 0) is 92.1 Å². The van der Waals surface area contributed by atoms with Crippen LogP contribution in [0, 0.1) is 23.7 Å². The Morgan fingerprint density at radius 1 is 1.05 bits per heavy atom. The summed E-state index contributed by atoms with van der Waals surface area (Å²) in [4.78, 5) is 17.6. The number of fused-ring (bicyclic) bond motifs is 1. The molecule has 3 aromatic rings. The highest BCUT2D eigenvalue weighted by Crippen LogP contribution is 2.37. The molecule has 1 saturated heterocycles. The number of carboxylic acids is 1. The van der Waals surface area contributed by atoms with Crippen molar-refractivity contribution in [3.8, 4) is 17.6 Å². The maximum atomic E-state index is 13.2. The van der Waals surface area contributed by atoms with Crippen LogP contribution < -0.4 is 4.74 Å². The molecule has 0 saturated carbocycles. The fourth-order valence-electron chi connectivity index (χ4n) is 5.69. The first kappa shape index (κ1) is 33.1. The second-order valence-corrected chi connectivity index (χ2v) is 10.9. The number of rotatable bonds is 9. The lowest BCUT2D eigenvalue weighted by molar-refractivity contribution is -0.143. The van der Waals surface area contributed by atoms with Gasteiger partial charge in [-0.2, -0.15) is 26.3 Å². The van der Waals surface area contributed by atoms with E-state index in [-0.39, 0.29) is 36.4 Å². The van der Waals surface area contributed by atoms with Crippen LogP contribution in [0.4, 0.5) is 26.3 Å². The molecule has 12 heteroatoms. The third kappa shape index (κ3) is 8.64. The van der Waals surface area contributed by atoms with E-state index in [1.165, 1.54) is 0 Å². The van der Waals surface area contributed by atoms with Crippen LogP contribution >= 0.6 is 0 Å². The van der Waals surface area contributed by atoms with Crippen molar-refractivity contribution in [1.82, 2.24) is 9.88 Å². The summed E-state index contributed by atoms with van der Waals surface area (Å²) in [6.07, 6.45) is -7.00. The highest BCUT2D eigenvalue weighted by Gasteiger charge is 2.37. The van der Waals surface area contributed by atoms with Crippen LogP contribution in [0.3, 0.4) is 0 Å². The number of aliphatic hydroxyl groups excluding tert-OH is 1. The van der Waals surface area contributed by atoms with Gasteiger partial charge in [-0.25, -0.2) is 0 Å². The predicted molar refractivity (Wildman–Crippen MR) is 151 cm³/mol. The highest BCUT2D eigenvalue weighted by atomic mass is 19.4. The van der Waals surface area contributed by atoms with E-state index in [2.05, 4.69) is 16.8 Å². The number of aliphatic hydroxyl groups is 1. The van der Waals surface area contributed by atoms with Crippen molar-refractivity contribution in [3.05, 3.63) is 70.9 Å². The van der Waals surface area contributed by atoms with Gasteiger partial charge in [-0.3, -0.25) is 14.7 Å². The Kier molecular flexibility index (Phi) is 10.4.